The zero-order valence-corrected chi connectivity index (χ0v) is 14.6. The van der Waals surface area contributed by atoms with Crippen molar-refractivity contribution in [2.75, 3.05) is 27.8 Å². The molecule has 0 unspecified atom stereocenters. The number of aromatic hydroxyl groups is 1. The van der Waals surface area contributed by atoms with Gasteiger partial charge in [0, 0.05) is 30.4 Å². The second kappa shape index (κ2) is 7.35. The molecule has 7 heteroatoms. The topological polar surface area (TPSA) is 108 Å². The van der Waals surface area contributed by atoms with Gasteiger partial charge in [-0.1, -0.05) is 0 Å². The summed E-state index contributed by atoms with van der Waals surface area (Å²) in [7, 11) is 0. The standard InChI is InChI=1S/C19H22N4O3/c1-12-10-13(5-8-17(12)23-9-3-2-4-18(23)25)21-19(26)22-16-11-14(24)6-7-15(16)20/h5-8,10-11,24H,2-4,9,20H2,1H3,(H2,21,22,26). The first-order valence-corrected chi connectivity index (χ1v) is 8.51. The van der Waals surface area contributed by atoms with Gasteiger partial charge >= 0.3 is 6.03 Å². The number of aryl methyl sites for hydroxylation is 1. The average Bonchev–Trinajstić information content (AvgIpc) is 2.59. The number of carbonyl (C=O) groups excluding carboxylic acids is 2. The minimum Gasteiger partial charge on any atom is -0.508 e. The van der Waals surface area contributed by atoms with E-state index in [4.69, 9.17) is 5.73 Å². The van der Waals surface area contributed by atoms with Crippen LogP contribution >= 0.6 is 0 Å². The molecule has 1 aliphatic heterocycles. The van der Waals surface area contributed by atoms with E-state index < -0.39 is 6.03 Å². The van der Waals surface area contributed by atoms with E-state index >= 15 is 0 Å². The summed E-state index contributed by atoms with van der Waals surface area (Å²) in [5.41, 5.74) is 8.85. The zero-order chi connectivity index (χ0) is 18.7. The van der Waals surface area contributed by atoms with Crippen LogP contribution in [0.1, 0.15) is 24.8 Å². The minimum absolute atomic E-state index is 0.0147. The van der Waals surface area contributed by atoms with Gasteiger partial charge in [0.2, 0.25) is 5.91 Å². The summed E-state index contributed by atoms with van der Waals surface area (Å²) in [5, 5.41) is 14.8. The van der Waals surface area contributed by atoms with Gasteiger partial charge in [0.15, 0.2) is 0 Å². The maximum absolute atomic E-state index is 12.2. The molecule has 3 rings (SSSR count). The number of nitrogens with two attached hydrogens (primary N) is 1. The molecule has 26 heavy (non-hydrogen) atoms. The Morgan fingerprint density at radius 3 is 2.69 bits per heavy atom. The Morgan fingerprint density at radius 1 is 1.15 bits per heavy atom. The molecule has 0 aliphatic carbocycles. The Balaban J connectivity index is 1.70. The van der Waals surface area contributed by atoms with Crippen molar-refractivity contribution in [2.45, 2.75) is 26.2 Å². The van der Waals surface area contributed by atoms with Gasteiger partial charge in [-0.05, 0) is 55.7 Å². The third kappa shape index (κ3) is 3.88. The van der Waals surface area contributed by atoms with E-state index in [-0.39, 0.29) is 11.7 Å². The fraction of sp³-hybridized carbons (Fsp3) is 0.263. The molecule has 2 aromatic rings. The molecule has 0 aromatic heterocycles. The van der Waals surface area contributed by atoms with E-state index in [9.17, 15) is 14.7 Å². The number of benzene rings is 2. The molecule has 1 saturated heterocycles. The normalized spacial score (nSPS) is 14.2. The van der Waals surface area contributed by atoms with Gasteiger partial charge in [0.05, 0.1) is 11.4 Å². The SMILES string of the molecule is Cc1cc(NC(=O)Nc2cc(O)ccc2N)ccc1N1CCCCC1=O. The van der Waals surface area contributed by atoms with E-state index in [1.54, 1.807) is 11.0 Å². The highest BCUT2D eigenvalue weighted by Crippen LogP contribution is 2.28. The second-order valence-corrected chi connectivity index (χ2v) is 6.35. The number of phenolic OH excluding ortho intramolecular Hbond substituents is 1. The van der Waals surface area contributed by atoms with Gasteiger partial charge in [-0.2, -0.15) is 0 Å². The lowest BCUT2D eigenvalue weighted by Gasteiger charge is -2.28. The molecular formula is C19H22N4O3. The lowest BCUT2D eigenvalue weighted by atomic mass is 10.1. The molecule has 5 N–H and O–H groups in total. The highest BCUT2D eigenvalue weighted by atomic mass is 16.3. The third-order valence-electron chi connectivity index (χ3n) is 4.35. The molecule has 0 radical (unpaired) electrons. The maximum Gasteiger partial charge on any atom is 0.323 e. The summed E-state index contributed by atoms with van der Waals surface area (Å²) in [6.45, 7) is 2.64. The van der Waals surface area contributed by atoms with E-state index in [0.717, 1.165) is 30.6 Å². The molecule has 0 atom stereocenters. The summed E-state index contributed by atoms with van der Waals surface area (Å²) in [6, 6.07) is 9.30. The largest absolute Gasteiger partial charge is 0.508 e. The van der Waals surface area contributed by atoms with Crippen LogP contribution in [-0.2, 0) is 4.79 Å². The molecule has 2 aromatic carbocycles. The fourth-order valence-electron chi connectivity index (χ4n) is 3.03. The minimum atomic E-state index is -0.469. The number of amides is 3. The van der Waals surface area contributed by atoms with Crippen LogP contribution in [-0.4, -0.2) is 23.6 Å². The van der Waals surface area contributed by atoms with Crippen molar-refractivity contribution in [1.82, 2.24) is 0 Å². The van der Waals surface area contributed by atoms with Gasteiger partial charge in [-0.25, -0.2) is 4.79 Å². The van der Waals surface area contributed by atoms with Crippen LogP contribution in [0.15, 0.2) is 36.4 Å². The number of piperidine rings is 1. The van der Waals surface area contributed by atoms with E-state index in [1.807, 2.05) is 19.1 Å². The molecule has 0 bridgehead atoms. The number of hydrogen-bond acceptors (Lipinski definition) is 4. The molecule has 1 fully saturated rings. The van der Waals surface area contributed by atoms with Crippen LogP contribution in [0.3, 0.4) is 0 Å². The van der Waals surface area contributed by atoms with Gasteiger partial charge in [-0.3, -0.25) is 4.79 Å². The summed E-state index contributed by atoms with van der Waals surface area (Å²) in [4.78, 5) is 26.1. The average molecular weight is 354 g/mol. The Hall–Kier alpha value is -3.22. The fourth-order valence-corrected chi connectivity index (χ4v) is 3.03. The predicted molar refractivity (Wildman–Crippen MR) is 103 cm³/mol. The first-order valence-electron chi connectivity index (χ1n) is 8.51. The molecule has 1 heterocycles. The van der Waals surface area contributed by atoms with Crippen molar-refractivity contribution in [3.63, 3.8) is 0 Å². The first kappa shape index (κ1) is 17.6. The van der Waals surface area contributed by atoms with Gasteiger partial charge in [-0.15, -0.1) is 0 Å². The number of urea groups is 1. The van der Waals surface area contributed by atoms with Crippen molar-refractivity contribution in [3.8, 4) is 5.75 Å². The van der Waals surface area contributed by atoms with Crippen molar-refractivity contribution in [3.05, 3.63) is 42.0 Å². The number of anilines is 4. The number of nitrogen functional groups attached to an aromatic ring is 1. The predicted octanol–water partition coefficient (Wildman–Crippen LogP) is 3.44. The molecule has 7 nitrogen and oxygen atoms in total. The molecule has 136 valence electrons. The number of nitrogens with zero attached hydrogens (tertiary/aromatic N) is 1. The van der Waals surface area contributed by atoms with E-state index in [2.05, 4.69) is 10.6 Å². The molecular weight excluding hydrogens is 332 g/mol. The lowest BCUT2D eigenvalue weighted by Crippen LogP contribution is -2.35. The number of hydrogen-bond donors (Lipinski definition) is 4. The van der Waals surface area contributed by atoms with Crippen LogP contribution in [0.25, 0.3) is 0 Å². The Labute approximate surface area is 151 Å². The van der Waals surface area contributed by atoms with Crippen molar-refractivity contribution < 1.29 is 14.7 Å². The van der Waals surface area contributed by atoms with Crippen molar-refractivity contribution in [2.24, 2.45) is 0 Å². The van der Waals surface area contributed by atoms with Crippen LogP contribution in [0.4, 0.5) is 27.5 Å². The van der Waals surface area contributed by atoms with Crippen LogP contribution in [0, 0.1) is 6.92 Å². The summed E-state index contributed by atoms with van der Waals surface area (Å²) < 4.78 is 0. The summed E-state index contributed by atoms with van der Waals surface area (Å²) in [6.07, 6.45) is 2.51. The van der Waals surface area contributed by atoms with E-state index in [0.29, 0.717) is 23.5 Å². The van der Waals surface area contributed by atoms with Gasteiger partial charge in [0.1, 0.15) is 5.75 Å². The Bertz CT molecular complexity index is 851. The third-order valence-corrected chi connectivity index (χ3v) is 4.35. The molecule has 0 saturated carbocycles. The van der Waals surface area contributed by atoms with Crippen molar-refractivity contribution in [1.29, 1.82) is 0 Å². The number of nitrogens with one attached hydrogen (secondary N) is 2. The monoisotopic (exact) mass is 354 g/mol. The smallest absolute Gasteiger partial charge is 0.323 e. The number of carbonyl (C=O) groups is 2. The van der Waals surface area contributed by atoms with Gasteiger partial charge in [0.25, 0.3) is 0 Å². The molecule has 1 aliphatic rings. The second-order valence-electron chi connectivity index (χ2n) is 6.35. The lowest BCUT2D eigenvalue weighted by molar-refractivity contribution is -0.119. The van der Waals surface area contributed by atoms with E-state index in [1.165, 1.54) is 18.2 Å². The molecule has 0 spiro atoms. The number of phenols is 1. The quantitative estimate of drug-likeness (QED) is 0.500. The Morgan fingerprint density at radius 2 is 1.96 bits per heavy atom. The van der Waals surface area contributed by atoms with Crippen LogP contribution in [0.2, 0.25) is 0 Å². The summed E-state index contributed by atoms with van der Waals surface area (Å²) in [5.74, 6) is 0.151. The molecule has 3 amide bonds. The van der Waals surface area contributed by atoms with Crippen LogP contribution < -0.4 is 21.3 Å². The maximum atomic E-state index is 12.2. The number of rotatable bonds is 3. The highest BCUT2D eigenvalue weighted by Gasteiger charge is 2.21. The summed E-state index contributed by atoms with van der Waals surface area (Å²) >= 11 is 0. The first-order chi connectivity index (χ1) is 12.4. The van der Waals surface area contributed by atoms with Crippen LogP contribution in [0.5, 0.6) is 5.75 Å². The van der Waals surface area contributed by atoms with Gasteiger partial charge < -0.3 is 26.4 Å². The van der Waals surface area contributed by atoms with Crippen molar-refractivity contribution >= 4 is 34.7 Å². The Kier molecular flexibility index (Phi) is 4.97. The highest BCUT2D eigenvalue weighted by molar-refractivity contribution is 6.02. The zero-order valence-electron chi connectivity index (χ0n) is 14.6.